The average Bonchev–Trinajstić information content (AvgIpc) is 2.61. The molecule has 0 spiro atoms. The van der Waals surface area contributed by atoms with Gasteiger partial charge in [0.1, 0.15) is 0 Å². The van der Waals surface area contributed by atoms with Gasteiger partial charge >= 0.3 is 0 Å². The van der Waals surface area contributed by atoms with Crippen LogP contribution in [0.25, 0.3) is 21.8 Å². The number of aromatic nitrogens is 2. The molecular weight excluding hydrogens is 288 g/mol. The molecule has 0 radical (unpaired) electrons. The number of fused-ring (bicyclic) bond motifs is 3. The van der Waals surface area contributed by atoms with Crippen molar-refractivity contribution in [2.75, 3.05) is 18.0 Å². The second kappa shape index (κ2) is 5.50. The van der Waals surface area contributed by atoms with Gasteiger partial charge in [0.05, 0.1) is 11.0 Å². The first kappa shape index (κ1) is 13.9. The van der Waals surface area contributed by atoms with Crippen molar-refractivity contribution in [3.63, 3.8) is 0 Å². The van der Waals surface area contributed by atoms with E-state index >= 15 is 0 Å². The molecular formula is C18H18N4O. The van der Waals surface area contributed by atoms with E-state index in [-0.39, 0.29) is 11.8 Å². The third-order valence-corrected chi connectivity index (χ3v) is 4.70. The number of pyridine rings is 2. The molecule has 0 saturated carbocycles. The predicted molar refractivity (Wildman–Crippen MR) is 91.2 cm³/mol. The number of amides is 1. The van der Waals surface area contributed by atoms with Crippen molar-refractivity contribution in [1.29, 1.82) is 0 Å². The summed E-state index contributed by atoms with van der Waals surface area (Å²) in [6.07, 6.45) is 5.26. The third-order valence-electron chi connectivity index (χ3n) is 4.70. The summed E-state index contributed by atoms with van der Waals surface area (Å²) in [6.45, 7) is 1.68. The van der Waals surface area contributed by atoms with Crippen LogP contribution in [0.4, 0.5) is 5.69 Å². The molecule has 23 heavy (non-hydrogen) atoms. The van der Waals surface area contributed by atoms with E-state index < -0.39 is 0 Å². The minimum Gasteiger partial charge on any atom is -0.371 e. The van der Waals surface area contributed by atoms with Gasteiger partial charge in [-0.1, -0.05) is 12.1 Å². The Morgan fingerprint density at radius 2 is 1.83 bits per heavy atom. The summed E-state index contributed by atoms with van der Waals surface area (Å²) in [4.78, 5) is 22.7. The highest BCUT2D eigenvalue weighted by atomic mass is 16.1. The maximum Gasteiger partial charge on any atom is 0.220 e. The first-order valence-corrected chi connectivity index (χ1v) is 7.91. The molecule has 1 aliphatic heterocycles. The molecule has 1 aromatic carbocycles. The Morgan fingerprint density at radius 1 is 1.04 bits per heavy atom. The molecule has 1 fully saturated rings. The molecule has 1 aliphatic rings. The molecule has 1 saturated heterocycles. The van der Waals surface area contributed by atoms with Crippen LogP contribution < -0.4 is 10.6 Å². The van der Waals surface area contributed by atoms with E-state index in [2.05, 4.69) is 33.1 Å². The lowest BCUT2D eigenvalue weighted by Gasteiger charge is -2.33. The zero-order valence-electron chi connectivity index (χ0n) is 12.8. The number of hydrogen-bond acceptors (Lipinski definition) is 4. The van der Waals surface area contributed by atoms with E-state index in [1.165, 1.54) is 0 Å². The van der Waals surface area contributed by atoms with Crippen molar-refractivity contribution in [2.24, 2.45) is 11.7 Å². The van der Waals surface area contributed by atoms with Gasteiger partial charge in [-0.3, -0.25) is 14.8 Å². The van der Waals surface area contributed by atoms with E-state index in [4.69, 9.17) is 5.73 Å². The first-order valence-electron chi connectivity index (χ1n) is 7.91. The first-order chi connectivity index (χ1) is 11.2. The van der Waals surface area contributed by atoms with Gasteiger partial charge in [0.15, 0.2) is 0 Å². The van der Waals surface area contributed by atoms with Crippen LogP contribution in [-0.2, 0) is 4.79 Å². The standard InChI is InChI=1S/C18H18N4O/c19-18(23)13-6-10-22(11-7-13)15-5-9-21-17-14(15)4-3-12-2-1-8-20-16(12)17/h1-5,8-9,13H,6-7,10-11H2,(H2,19,23). The van der Waals surface area contributed by atoms with E-state index in [9.17, 15) is 4.79 Å². The maximum atomic E-state index is 11.3. The molecule has 3 heterocycles. The molecule has 5 nitrogen and oxygen atoms in total. The van der Waals surface area contributed by atoms with Crippen molar-refractivity contribution >= 4 is 33.4 Å². The fourth-order valence-electron chi connectivity index (χ4n) is 3.42. The van der Waals surface area contributed by atoms with E-state index in [0.29, 0.717) is 0 Å². The number of carbonyl (C=O) groups excluding carboxylic acids is 1. The van der Waals surface area contributed by atoms with Crippen molar-refractivity contribution in [2.45, 2.75) is 12.8 Å². The quantitative estimate of drug-likeness (QED) is 0.738. The highest BCUT2D eigenvalue weighted by molar-refractivity contribution is 6.07. The third kappa shape index (κ3) is 2.38. The topological polar surface area (TPSA) is 72.1 Å². The van der Waals surface area contributed by atoms with E-state index in [1.807, 2.05) is 18.3 Å². The van der Waals surface area contributed by atoms with Crippen LogP contribution in [0.1, 0.15) is 12.8 Å². The van der Waals surface area contributed by atoms with Crippen LogP contribution in [0.3, 0.4) is 0 Å². The lowest BCUT2D eigenvalue weighted by atomic mass is 9.95. The van der Waals surface area contributed by atoms with Gasteiger partial charge in [0.25, 0.3) is 0 Å². The summed E-state index contributed by atoms with van der Waals surface area (Å²) in [7, 11) is 0. The van der Waals surface area contributed by atoms with Gasteiger partial charge < -0.3 is 10.6 Å². The number of benzene rings is 1. The number of piperidine rings is 1. The Labute approximate surface area is 134 Å². The maximum absolute atomic E-state index is 11.3. The SMILES string of the molecule is NC(=O)C1CCN(c2ccnc3c2ccc2cccnc23)CC1. The van der Waals surface area contributed by atoms with Gasteiger partial charge in [0, 0.05) is 47.9 Å². The zero-order chi connectivity index (χ0) is 15.8. The second-order valence-electron chi connectivity index (χ2n) is 6.03. The Morgan fingerprint density at radius 3 is 2.61 bits per heavy atom. The summed E-state index contributed by atoms with van der Waals surface area (Å²) >= 11 is 0. The Hall–Kier alpha value is -2.69. The van der Waals surface area contributed by atoms with Crippen LogP contribution >= 0.6 is 0 Å². The lowest BCUT2D eigenvalue weighted by molar-refractivity contribution is -0.122. The zero-order valence-corrected chi connectivity index (χ0v) is 12.8. The number of anilines is 1. The summed E-state index contributed by atoms with van der Waals surface area (Å²) < 4.78 is 0. The molecule has 2 N–H and O–H groups in total. The molecule has 2 aromatic heterocycles. The minimum absolute atomic E-state index is 0.00171. The van der Waals surface area contributed by atoms with Gasteiger partial charge in [0.2, 0.25) is 5.91 Å². The molecule has 0 bridgehead atoms. The van der Waals surface area contributed by atoms with E-state index in [1.54, 1.807) is 6.20 Å². The number of carbonyl (C=O) groups is 1. The molecule has 0 atom stereocenters. The summed E-state index contributed by atoms with van der Waals surface area (Å²) in [6, 6.07) is 10.2. The summed E-state index contributed by atoms with van der Waals surface area (Å²) in [5.41, 5.74) is 8.44. The fraction of sp³-hybridized carbons (Fsp3) is 0.278. The Kier molecular flexibility index (Phi) is 3.33. The van der Waals surface area contributed by atoms with Crippen molar-refractivity contribution in [1.82, 2.24) is 9.97 Å². The predicted octanol–water partition coefficient (Wildman–Crippen LogP) is 2.48. The van der Waals surface area contributed by atoms with Crippen LogP contribution in [0.15, 0.2) is 42.7 Å². The van der Waals surface area contributed by atoms with Gasteiger partial charge in [-0.15, -0.1) is 0 Å². The molecule has 0 aliphatic carbocycles. The number of nitrogens with two attached hydrogens (primary N) is 1. The van der Waals surface area contributed by atoms with Gasteiger partial charge in [-0.2, -0.15) is 0 Å². The number of nitrogens with zero attached hydrogens (tertiary/aromatic N) is 3. The van der Waals surface area contributed by atoms with Crippen molar-refractivity contribution in [3.8, 4) is 0 Å². The normalized spacial score (nSPS) is 16.1. The molecule has 1 amide bonds. The summed E-state index contributed by atoms with van der Waals surface area (Å²) in [5.74, 6) is -0.179. The Bertz CT molecular complexity index is 884. The van der Waals surface area contributed by atoms with Crippen molar-refractivity contribution in [3.05, 3.63) is 42.7 Å². The van der Waals surface area contributed by atoms with Crippen LogP contribution in [-0.4, -0.2) is 29.0 Å². The number of hydrogen-bond donors (Lipinski definition) is 1. The molecule has 116 valence electrons. The average molecular weight is 306 g/mol. The smallest absolute Gasteiger partial charge is 0.220 e. The highest BCUT2D eigenvalue weighted by Gasteiger charge is 2.24. The lowest BCUT2D eigenvalue weighted by Crippen LogP contribution is -2.38. The van der Waals surface area contributed by atoms with Crippen LogP contribution in [0.5, 0.6) is 0 Å². The largest absolute Gasteiger partial charge is 0.371 e. The van der Waals surface area contributed by atoms with E-state index in [0.717, 1.165) is 53.4 Å². The summed E-state index contributed by atoms with van der Waals surface area (Å²) in [5, 5.41) is 2.20. The highest BCUT2D eigenvalue weighted by Crippen LogP contribution is 2.32. The van der Waals surface area contributed by atoms with Crippen LogP contribution in [0.2, 0.25) is 0 Å². The fourth-order valence-corrected chi connectivity index (χ4v) is 3.42. The van der Waals surface area contributed by atoms with Crippen LogP contribution in [0, 0.1) is 5.92 Å². The molecule has 4 rings (SSSR count). The van der Waals surface area contributed by atoms with Gasteiger partial charge in [-0.25, -0.2) is 0 Å². The number of rotatable bonds is 2. The minimum atomic E-state index is -0.181. The monoisotopic (exact) mass is 306 g/mol. The molecule has 3 aromatic rings. The second-order valence-corrected chi connectivity index (χ2v) is 6.03. The Balaban J connectivity index is 1.76. The molecule has 5 heteroatoms. The van der Waals surface area contributed by atoms with Gasteiger partial charge in [-0.05, 0) is 31.0 Å². The van der Waals surface area contributed by atoms with Crippen molar-refractivity contribution < 1.29 is 4.79 Å². The number of primary amides is 1. The molecule has 0 unspecified atom stereocenters.